The third-order valence-corrected chi connectivity index (χ3v) is 6.20. The Labute approximate surface area is 180 Å². The predicted octanol–water partition coefficient (Wildman–Crippen LogP) is 4.53. The molecule has 0 aromatic heterocycles. The number of nitriles is 1. The van der Waals surface area contributed by atoms with Crippen LogP contribution in [0.5, 0.6) is 0 Å². The molecule has 3 aromatic rings. The Kier molecular flexibility index (Phi) is 4.97. The summed E-state index contributed by atoms with van der Waals surface area (Å²) in [5, 5.41) is 18.9. The molecule has 0 radical (unpaired) electrons. The molecule has 1 aliphatic heterocycles. The van der Waals surface area contributed by atoms with E-state index in [1.807, 2.05) is 24.1 Å². The highest BCUT2D eigenvalue weighted by Gasteiger charge is 2.41. The van der Waals surface area contributed by atoms with Crippen molar-refractivity contribution in [1.29, 1.82) is 10.7 Å². The molecular formula is C26H23N3O2. The van der Waals surface area contributed by atoms with E-state index >= 15 is 0 Å². The first-order valence-electron chi connectivity index (χ1n) is 10.4. The van der Waals surface area contributed by atoms with E-state index in [0.717, 1.165) is 41.5 Å². The lowest BCUT2D eigenvalue weighted by Crippen LogP contribution is -2.39. The lowest BCUT2D eigenvalue weighted by molar-refractivity contribution is 0.633. The number of fused-ring (bicyclic) bond motifs is 3. The summed E-state index contributed by atoms with van der Waals surface area (Å²) >= 11 is 0. The highest BCUT2D eigenvalue weighted by atomic mass is 16.2. The second-order valence-electron chi connectivity index (χ2n) is 8.40. The second-order valence-corrected chi connectivity index (χ2v) is 8.40. The van der Waals surface area contributed by atoms with Gasteiger partial charge in [-0.15, -0.1) is 0 Å². The maximum atomic E-state index is 12.4. The zero-order chi connectivity index (χ0) is 22.3. The van der Waals surface area contributed by atoms with Crippen LogP contribution in [0.25, 0.3) is 22.4 Å². The van der Waals surface area contributed by atoms with Crippen LogP contribution in [0.3, 0.4) is 0 Å². The predicted molar refractivity (Wildman–Crippen MR) is 125 cm³/mol. The highest BCUT2D eigenvalue weighted by molar-refractivity contribution is 6.00. The normalized spacial score (nSPS) is 15.8. The van der Waals surface area contributed by atoms with Crippen molar-refractivity contribution in [2.24, 2.45) is 0 Å². The lowest BCUT2D eigenvalue weighted by atomic mass is 9.80. The van der Waals surface area contributed by atoms with Crippen molar-refractivity contribution < 1.29 is 0 Å². The van der Waals surface area contributed by atoms with Crippen LogP contribution in [0.15, 0.2) is 51.7 Å². The van der Waals surface area contributed by atoms with E-state index in [-0.39, 0.29) is 16.7 Å². The Morgan fingerprint density at radius 1 is 1.16 bits per heavy atom. The first kappa shape index (κ1) is 20.5. The summed E-state index contributed by atoms with van der Waals surface area (Å²) in [6, 6.07) is 14.3. The van der Waals surface area contributed by atoms with Gasteiger partial charge in [0, 0.05) is 28.9 Å². The van der Waals surface area contributed by atoms with Crippen LogP contribution in [0.4, 0.5) is 5.69 Å². The van der Waals surface area contributed by atoms with E-state index in [1.165, 1.54) is 5.56 Å². The molecule has 1 aliphatic rings. The number of hydrogen-bond acceptors (Lipinski definition) is 5. The molecule has 0 unspecified atom stereocenters. The number of anilines is 1. The number of nitrogens with zero attached hydrogens (tertiary/aromatic N) is 2. The minimum atomic E-state index is -0.720. The topological polar surface area (TPSA) is 85.0 Å². The molecule has 31 heavy (non-hydrogen) atoms. The van der Waals surface area contributed by atoms with E-state index in [0.29, 0.717) is 0 Å². The summed E-state index contributed by atoms with van der Waals surface area (Å²) in [5.41, 5.74) is 1.47. The Morgan fingerprint density at radius 3 is 2.58 bits per heavy atom. The summed E-state index contributed by atoms with van der Waals surface area (Å²) in [4.78, 5) is 26.8. The molecule has 0 saturated carbocycles. The fourth-order valence-corrected chi connectivity index (χ4v) is 4.63. The Hall–Kier alpha value is -3.74. The molecular weight excluding hydrogens is 386 g/mol. The molecule has 5 nitrogen and oxygen atoms in total. The SMILES string of the molecule is CCCCN1/C(=C/c2c(C(=C=N)C#N)c(=O)c2=O)C(C)(C)c2c1ccc1ccccc21. The van der Waals surface area contributed by atoms with Crippen LogP contribution in [0, 0.1) is 16.7 Å². The van der Waals surface area contributed by atoms with Crippen molar-refractivity contribution in [3.63, 3.8) is 0 Å². The average Bonchev–Trinajstić information content (AvgIpc) is 3.00. The molecule has 0 amide bonds. The maximum Gasteiger partial charge on any atom is 0.236 e. The van der Waals surface area contributed by atoms with Gasteiger partial charge in [0.2, 0.25) is 10.9 Å². The Morgan fingerprint density at radius 2 is 1.90 bits per heavy atom. The quantitative estimate of drug-likeness (QED) is 0.381. The number of nitrogens with one attached hydrogen (secondary N) is 1. The van der Waals surface area contributed by atoms with Gasteiger partial charge in [0.1, 0.15) is 11.6 Å². The number of benzene rings is 2. The molecule has 0 atom stereocenters. The van der Waals surface area contributed by atoms with Crippen LogP contribution < -0.4 is 15.8 Å². The summed E-state index contributed by atoms with van der Waals surface area (Å²) in [6.07, 6.45) is 3.74. The maximum absolute atomic E-state index is 12.4. The van der Waals surface area contributed by atoms with Crippen molar-refractivity contribution >= 4 is 34.0 Å². The molecule has 4 rings (SSSR count). The Bertz CT molecular complexity index is 1410. The van der Waals surface area contributed by atoms with Gasteiger partial charge in [-0.1, -0.05) is 57.5 Å². The van der Waals surface area contributed by atoms with E-state index < -0.39 is 16.3 Å². The molecule has 154 valence electrons. The number of allylic oxidation sites excluding steroid dienone is 2. The van der Waals surface area contributed by atoms with Crippen molar-refractivity contribution in [1.82, 2.24) is 0 Å². The summed E-state index contributed by atoms with van der Waals surface area (Å²) < 4.78 is 0. The molecule has 0 bridgehead atoms. The van der Waals surface area contributed by atoms with Gasteiger partial charge in [-0.25, -0.2) is 0 Å². The average molecular weight is 409 g/mol. The zero-order valence-corrected chi connectivity index (χ0v) is 17.9. The lowest BCUT2D eigenvalue weighted by Gasteiger charge is -2.28. The van der Waals surface area contributed by atoms with Crippen molar-refractivity contribution in [2.75, 3.05) is 11.4 Å². The largest absolute Gasteiger partial charge is 0.344 e. The molecule has 0 aliphatic carbocycles. The van der Waals surface area contributed by atoms with E-state index in [9.17, 15) is 14.9 Å². The van der Waals surface area contributed by atoms with Crippen LogP contribution in [-0.4, -0.2) is 12.4 Å². The summed E-state index contributed by atoms with van der Waals surface area (Å²) in [5.74, 6) is 2.00. The van der Waals surface area contributed by atoms with E-state index in [1.54, 1.807) is 6.08 Å². The van der Waals surface area contributed by atoms with Gasteiger partial charge in [-0.05, 0) is 40.8 Å². The third kappa shape index (κ3) is 2.96. The minimum Gasteiger partial charge on any atom is -0.344 e. The fraction of sp³-hybridized carbons (Fsp3) is 0.269. The zero-order valence-electron chi connectivity index (χ0n) is 17.9. The second kappa shape index (κ2) is 7.50. The van der Waals surface area contributed by atoms with Crippen LogP contribution in [-0.2, 0) is 5.41 Å². The number of hydrogen-bond donors (Lipinski definition) is 1. The molecule has 0 saturated heterocycles. The summed E-state index contributed by atoms with van der Waals surface area (Å²) in [6.45, 7) is 7.17. The minimum absolute atomic E-state index is 0.00190. The molecule has 0 spiro atoms. The number of unbranched alkanes of at least 4 members (excludes halogenated alkanes) is 1. The van der Waals surface area contributed by atoms with Gasteiger partial charge in [0.15, 0.2) is 0 Å². The highest BCUT2D eigenvalue weighted by Crippen LogP contribution is 2.51. The smallest absolute Gasteiger partial charge is 0.236 e. The van der Waals surface area contributed by atoms with Gasteiger partial charge in [0.05, 0.1) is 5.56 Å². The van der Waals surface area contributed by atoms with Crippen LogP contribution in [0.1, 0.15) is 50.3 Å². The van der Waals surface area contributed by atoms with Crippen LogP contribution in [0.2, 0.25) is 0 Å². The standard InChI is InChI=1S/C26H23N3O2/c1-4-5-12-29-20-11-10-16-8-6-7-9-18(16)23(20)26(2,3)21(29)13-19-22(17(14-27)15-28)25(31)24(19)30/h6-11,13,27H,4-5,12H2,1-3H3/b21-13+. The molecule has 1 N–H and O–H groups in total. The van der Waals surface area contributed by atoms with Crippen molar-refractivity contribution in [3.05, 3.63) is 79.2 Å². The molecule has 0 fully saturated rings. The van der Waals surface area contributed by atoms with Gasteiger partial charge in [-0.2, -0.15) is 5.26 Å². The van der Waals surface area contributed by atoms with Crippen molar-refractivity contribution in [2.45, 2.75) is 39.0 Å². The monoisotopic (exact) mass is 409 g/mol. The van der Waals surface area contributed by atoms with E-state index in [4.69, 9.17) is 5.41 Å². The van der Waals surface area contributed by atoms with E-state index in [2.05, 4.69) is 49.9 Å². The summed E-state index contributed by atoms with van der Waals surface area (Å²) in [7, 11) is 0. The Balaban J connectivity index is 1.98. The van der Waals surface area contributed by atoms with Crippen LogP contribution >= 0.6 is 0 Å². The molecule has 5 heteroatoms. The van der Waals surface area contributed by atoms with Gasteiger partial charge >= 0.3 is 0 Å². The first-order chi connectivity index (χ1) is 14.9. The molecule has 3 aromatic carbocycles. The third-order valence-electron chi connectivity index (χ3n) is 6.20. The molecule has 1 heterocycles. The number of rotatable bonds is 5. The van der Waals surface area contributed by atoms with Gasteiger partial charge in [-0.3, -0.25) is 15.0 Å². The van der Waals surface area contributed by atoms with Gasteiger partial charge in [0.25, 0.3) is 0 Å². The van der Waals surface area contributed by atoms with Gasteiger partial charge < -0.3 is 4.90 Å². The van der Waals surface area contributed by atoms with Crippen molar-refractivity contribution in [3.8, 4) is 6.07 Å². The fourth-order valence-electron chi connectivity index (χ4n) is 4.63. The first-order valence-corrected chi connectivity index (χ1v) is 10.4.